The number of hydrogen-bond acceptors (Lipinski definition) is 5. The van der Waals surface area contributed by atoms with E-state index in [4.69, 9.17) is 16.6 Å². The van der Waals surface area contributed by atoms with Gasteiger partial charge in [-0.1, -0.05) is 20.3 Å². The number of aliphatic carboxylic acids is 1. The molecule has 0 aliphatic heterocycles. The Hall–Kier alpha value is -2.16. The summed E-state index contributed by atoms with van der Waals surface area (Å²) < 4.78 is 0. The van der Waals surface area contributed by atoms with E-state index in [0.29, 0.717) is 6.42 Å². The van der Waals surface area contributed by atoms with E-state index in [9.17, 15) is 19.2 Å². The molecule has 0 aliphatic rings. The van der Waals surface area contributed by atoms with Crippen LogP contribution >= 0.6 is 0 Å². The molecule has 9 nitrogen and oxygen atoms in total. The summed E-state index contributed by atoms with van der Waals surface area (Å²) in [5.41, 5.74) is 10.8. The van der Waals surface area contributed by atoms with Gasteiger partial charge in [0.15, 0.2) is 0 Å². The first-order valence-corrected chi connectivity index (χ1v) is 7.02. The molecule has 9 heteroatoms. The molecule has 7 N–H and O–H groups in total. The highest BCUT2D eigenvalue weighted by Crippen LogP contribution is 2.06. The van der Waals surface area contributed by atoms with E-state index in [1.165, 1.54) is 0 Å². The molecule has 0 heterocycles. The number of nitrogens with one attached hydrogen (secondary N) is 2. The lowest BCUT2D eigenvalue weighted by atomic mass is 9.98. The fourth-order valence-corrected chi connectivity index (χ4v) is 1.62. The zero-order valence-corrected chi connectivity index (χ0v) is 12.8. The molecular formula is C13H24N4O5. The fourth-order valence-electron chi connectivity index (χ4n) is 1.62. The summed E-state index contributed by atoms with van der Waals surface area (Å²) in [5.74, 6) is -3.16. The van der Waals surface area contributed by atoms with Gasteiger partial charge in [-0.15, -0.1) is 0 Å². The first-order chi connectivity index (χ1) is 10.2. The maximum Gasteiger partial charge on any atom is 0.322 e. The van der Waals surface area contributed by atoms with Crippen LogP contribution in [0.4, 0.5) is 0 Å². The first kappa shape index (κ1) is 19.8. The molecule has 22 heavy (non-hydrogen) atoms. The topological polar surface area (TPSA) is 165 Å². The first-order valence-electron chi connectivity index (χ1n) is 7.02. The van der Waals surface area contributed by atoms with E-state index in [0.717, 1.165) is 0 Å². The third-order valence-electron chi connectivity index (χ3n) is 3.29. The van der Waals surface area contributed by atoms with Crippen LogP contribution in [0.2, 0.25) is 0 Å². The lowest BCUT2D eigenvalue weighted by Crippen LogP contribution is -2.53. The molecule has 0 fully saturated rings. The van der Waals surface area contributed by atoms with Crippen molar-refractivity contribution in [3.05, 3.63) is 0 Å². The van der Waals surface area contributed by atoms with Gasteiger partial charge in [0.05, 0.1) is 6.04 Å². The van der Waals surface area contributed by atoms with Crippen molar-refractivity contribution in [2.45, 2.75) is 45.2 Å². The summed E-state index contributed by atoms with van der Waals surface area (Å²) in [6.07, 6.45) is 0.537. The Bertz CT molecular complexity index is 427. The second-order valence-electron chi connectivity index (χ2n) is 5.09. The molecule has 0 aromatic carbocycles. The highest BCUT2D eigenvalue weighted by Gasteiger charge is 2.26. The van der Waals surface area contributed by atoms with Crippen molar-refractivity contribution in [2.75, 3.05) is 6.54 Å². The molecule has 0 unspecified atom stereocenters. The van der Waals surface area contributed by atoms with E-state index in [2.05, 4.69) is 10.6 Å². The van der Waals surface area contributed by atoms with Crippen LogP contribution in [0.3, 0.4) is 0 Å². The number of carbonyl (C=O) groups is 4. The number of amides is 3. The zero-order valence-electron chi connectivity index (χ0n) is 12.8. The molecule has 0 bridgehead atoms. The summed E-state index contributed by atoms with van der Waals surface area (Å²) in [6, 6.07) is -1.86. The second kappa shape index (κ2) is 9.72. The Balaban J connectivity index is 4.77. The Labute approximate surface area is 128 Å². The van der Waals surface area contributed by atoms with Crippen molar-refractivity contribution in [1.29, 1.82) is 0 Å². The van der Waals surface area contributed by atoms with Gasteiger partial charge in [-0.25, -0.2) is 0 Å². The molecule has 3 amide bonds. The molecular weight excluding hydrogens is 292 g/mol. The van der Waals surface area contributed by atoms with Crippen LogP contribution in [0.5, 0.6) is 0 Å². The van der Waals surface area contributed by atoms with Gasteiger partial charge >= 0.3 is 5.97 Å². The molecule has 3 atom stereocenters. The standard InChI is InChI=1S/C13H24N4O5/c1-3-7(2)11(15)13(22)17-8(4-5-9(14)18)12(21)16-6-10(19)20/h7-8,11H,3-6,15H2,1-2H3,(H2,14,18)(H,16,21)(H,17,22)(H,19,20)/t7-,8-,11-/m0/s1. The van der Waals surface area contributed by atoms with Gasteiger partial charge in [0, 0.05) is 6.42 Å². The number of rotatable bonds is 10. The van der Waals surface area contributed by atoms with Crippen LogP contribution in [0.15, 0.2) is 0 Å². The van der Waals surface area contributed by atoms with Gasteiger partial charge in [0.25, 0.3) is 0 Å². The van der Waals surface area contributed by atoms with E-state index >= 15 is 0 Å². The van der Waals surface area contributed by atoms with Crippen LogP contribution in [0.25, 0.3) is 0 Å². The summed E-state index contributed by atoms with van der Waals surface area (Å²) >= 11 is 0. The van der Waals surface area contributed by atoms with E-state index in [1.807, 2.05) is 6.92 Å². The summed E-state index contributed by atoms with van der Waals surface area (Å²) in [7, 11) is 0. The smallest absolute Gasteiger partial charge is 0.322 e. The van der Waals surface area contributed by atoms with E-state index in [-0.39, 0.29) is 18.8 Å². The lowest BCUT2D eigenvalue weighted by Gasteiger charge is -2.22. The number of carboxylic acid groups (broad SMARTS) is 1. The van der Waals surface area contributed by atoms with Crippen molar-refractivity contribution >= 4 is 23.7 Å². The summed E-state index contributed by atoms with van der Waals surface area (Å²) in [6.45, 7) is 3.09. The zero-order chi connectivity index (χ0) is 17.3. The number of nitrogens with two attached hydrogens (primary N) is 2. The van der Waals surface area contributed by atoms with Crippen LogP contribution < -0.4 is 22.1 Å². The average Bonchev–Trinajstić information content (AvgIpc) is 2.46. The molecule has 0 rings (SSSR count). The van der Waals surface area contributed by atoms with Crippen molar-refractivity contribution in [1.82, 2.24) is 10.6 Å². The number of carboxylic acids is 1. The fraction of sp³-hybridized carbons (Fsp3) is 0.692. The van der Waals surface area contributed by atoms with Crippen LogP contribution in [0.1, 0.15) is 33.1 Å². The molecule has 0 saturated heterocycles. The molecule has 126 valence electrons. The van der Waals surface area contributed by atoms with Gasteiger partial charge in [-0.05, 0) is 12.3 Å². The van der Waals surface area contributed by atoms with Crippen LogP contribution in [-0.4, -0.2) is 47.4 Å². The quantitative estimate of drug-likeness (QED) is 0.322. The number of hydrogen-bond donors (Lipinski definition) is 5. The van der Waals surface area contributed by atoms with E-state index in [1.54, 1.807) is 6.92 Å². The Kier molecular flexibility index (Phi) is 8.76. The van der Waals surface area contributed by atoms with Gasteiger partial charge < -0.3 is 27.2 Å². The van der Waals surface area contributed by atoms with Gasteiger partial charge in [-0.2, -0.15) is 0 Å². The largest absolute Gasteiger partial charge is 0.480 e. The Morgan fingerprint density at radius 3 is 2.23 bits per heavy atom. The highest BCUT2D eigenvalue weighted by atomic mass is 16.4. The lowest BCUT2D eigenvalue weighted by molar-refractivity contribution is -0.138. The third-order valence-corrected chi connectivity index (χ3v) is 3.29. The van der Waals surface area contributed by atoms with Crippen LogP contribution in [-0.2, 0) is 19.2 Å². The van der Waals surface area contributed by atoms with Gasteiger partial charge in [0.1, 0.15) is 12.6 Å². The maximum absolute atomic E-state index is 12.0. The summed E-state index contributed by atoms with van der Waals surface area (Å²) in [5, 5.41) is 13.1. The highest BCUT2D eigenvalue weighted by molar-refractivity contribution is 5.91. The van der Waals surface area contributed by atoms with Crippen LogP contribution in [0, 0.1) is 5.92 Å². The Morgan fingerprint density at radius 1 is 1.18 bits per heavy atom. The van der Waals surface area contributed by atoms with E-state index < -0.39 is 42.3 Å². The number of carbonyl (C=O) groups excluding carboxylic acids is 3. The molecule has 0 aromatic heterocycles. The van der Waals surface area contributed by atoms with Crippen molar-refractivity contribution in [2.24, 2.45) is 17.4 Å². The molecule has 0 spiro atoms. The van der Waals surface area contributed by atoms with Crippen molar-refractivity contribution < 1.29 is 24.3 Å². The Morgan fingerprint density at radius 2 is 1.77 bits per heavy atom. The third kappa shape index (κ3) is 7.58. The van der Waals surface area contributed by atoms with Gasteiger partial charge in [-0.3, -0.25) is 19.2 Å². The van der Waals surface area contributed by atoms with Crippen molar-refractivity contribution in [3.8, 4) is 0 Å². The molecule has 0 radical (unpaired) electrons. The van der Waals surface area contributed by atoms with Gasteiger partial charge in [0.2, 0.25) is 17.7 Å². The molecule has 0 saturated carbocycles. The molecule has 0 aromatic rings. The van der Waals surface area contributed by atoms with Crippen molar-refractivity contribution in [3.63, 3.8) is 0 Å². The monoisotopic (exact) mass is 316 g/mol. The summed E-state index contributed by atoms with van der Waals surface area (Å²) in [4.78, 5) is 45.1. The number of primary amides is 1. The maximum atomic E-state index is 12.0. The average molecular weight is 316 g/mol. The predicted octanol–water partition coefficient (Wildman–Crippen LogP) is -1.69. The second-order valence-corrected chi connectivity index (χ2v) is 5.09. The predicted molar refractivity (Wildman–Crippen MR) is 78.4 cm³/mol. The minimum atomic E-state index is -1.22. The molecule has 0 aliphatic carbocycles. The minimum absolute atomic E-state index is 0.0280. The SMILES string of the molecule is CC[C@H](C)[C@H](N)C(=O)N[C@@H](CCC(N)=O)C(=O)NCC(=O)O. The minimum Gasteiger partial charge on any atom is -0.480 e. The normalized spacial score (nSPS) is 14.5.